The summed E-state index contributed by atoms with van der Waals surface area (Å²) in [6, 6.07) is 15.1. The van der Waals surface area contributed by atoms with Crippen molar-refractivity contribution in [1.82, 2.24) is 25.0 Å². The van der Waals surface area contributed by atoms with Gasteiger partial charge >= 0.3 is 0 Å². The van der Waals surface area contributed by atoms with Crippen LogP contribution >= 0.6 is 23.8 Å². The summed E-state index contributed by atoms with van der Waals surface area (Å²) >= 11 is 11.9. The van der Waals surface area contributed by atoms with Gasteiger partial charge in [-0.05, 0) is 48.1 Å². The van der Waals surface area contributed by atoms with Crippen LogP contribution in [0.5, 0.6) is 5.75 Å². The maximum atomic E-state index is 12.9. The zero-order valence-electron chi connectivity index (χ0n) is 18.3. The lowest BCUT2D eigenvalue weighted by Crippen LogP contribution is -2.44. The van der Waals surface area contributed by atoms with E-state index in [-0.39, 0.29) is 18.5 Å². The lowest BCUT2D eigenvalue weighted by atomic mass is 10.0. The maximum Gasteiger partial charge on any atom is 0.240 e. The predicted molar refractivity (Wildman–Crippen MR) is 129 cm³/mol. The van der Waals surface area contributed by atoms with Gasteiger partial charge in [-0.25, -0.2) is 0 Å². The molecular formula is C23H26ClN5O3S. The van der Waals surface area contributed by atoms with Gasteiger partial charge in [-0.2, -0.15) is 5.10 Å². The summed E-state index contributed by atoms with van der Waals surface area (Å²) in [5, 5.41) is 10.8. The molecule has 1 aromatic heterocycles. The van der Waals surface area contributed by atoms with Gasteiger partial charge in [0.25, 0.3) is 0 Å². The van der Waals surface area contributed by atoms with Crippen LogP contribution in [0.1, 0.15) is 11.6 Å². The van der Waals surface area contributed by atoms with E-state index in [2.05, 4.69) is 20.4 Å². The van der Waals surface area contributed by atoms with Gasteiger partial charge in [0.05, 0.1) is 26.4 Å². The standard InChI is InChI=1S/C23H26ClN5O3S/c1-31-17-8-6-16(7-9-17)22-26-27-23(33)29(22)15-21(30)25-14-20(28-10-12-32-13-11-28)18-4-2-3-5-19(18)24/h2-9,20H,10-15H2,1H3,(H,25,30)(H,27,33). The van der Waals surface area contributed by atoms with E-state index in [0.29, 0.717) is 35.4 Å². The fraction of sp³-hybridized carbons (Fsp3) is 0.348. The minimum atomic E-state index is -0.160. The van der Waals surface area contributed by atoms with Crippen LogP contribution in [0.15, 0.2) is 48.5 Å². The minimum Gasteiger partial charge on any atom is -0.497 e. The van der Waals surface area contributed by atoms with E-state index in [9.17, 15) is 4.79 Å². The Hall–Kier alpha value is -2.72. The van der Waals surface area contributed by atoms with Crippen molar-refractivity contribution < 1.29 is 14.3 Å². The molecule has 174 valence electrons. The number of rotatable bonds is 8. The van der Waals surface area contributed by atoms with E-state index < -0.39 is 0 Å². The van der Waals surface area contributed by atoms with Gasteiger partial charge in [0.1, 0.15) is 12.3 Å². The number of ether oxygens (including phenoxy) is 2. The van der Waals surface area contributed by atoms with Crippen LogP contribution in [0.2, 0.25) is 5.02 Å². The molecule has 2 heterocycles. The van der Waals surface area contributed by atoms with Crippen LogP contribution < -0.4 is 10.1 Å². The molecule has 33 heavy (non-hydrogen) atoms. The Morgan fingerprint density at radius 2 is 1.97 bits per heavy atom. The molecule has 0 bridgehead atoms. The van der Waals surface area contributed by atoms with Gasteiger partial charge in [-0.15, -0.1) is 0 Å². The molecule has 10 heteroatoms. The van der Waals surface area contributed by atoms with Gasteiger partial charge in [-0.1, -0.05) is 29.8 Å². The lowest BCUT2D eigenvalue weighted by Gasteiger charge is -2.35. The molecule has 4 rings (SSSR count). The van der Waals surface area contributed by atoms with E-state index in [1.807, 2.05) is 48.5 Å². The number of benzene rings is 2. The molecule has 8 nitrogen and oxygen atoms in total. The number of carbonyl (C=O) groups excluding carboxylic acids is 1. The first-order valence-electron chi connectivity index (χ1n) is 10.7. The number of carbonyl (C=O) groups is 1. The maximum absolute atomic E-state index is 12.9. The lowest BCUT2D eigenvalue weighted by molar-refractivity contribution is -0.122. The van der Waals surface area contributed by atoms with Crippen LogP contribution in [-0.4, -0.2) is 65.5 Å². The van der Waals surface area contributed by atoms with Gasteiger partial charge in [0.2, 0.25) is 5.91 Å². The Balaban J connectivity index is 1.48. The molecule has 2 N–H and O–H groups in total. The Labute approximate surface area is 202 Å². The molecule has 1 aliphatic heterocycles. The fourth-order valence-electron chi connectivity index (χ4n) is 3.91. The monoisotopic (exact) mass is 487 g/mol. The largest absolute Gasteiger partial charge is 0.497 e. The quantitative estimate of drug-likeness (QED) is 0.473. The van der Waals surface area contributed by atoms with Gasteiger partial charge < -0.3 is 14.8 Å². The predicted octanol–water partition coefficient (Wildman–Crippen LogP) is 3.46. The summed E-state index contributed by atoms with van der Waals surface area (Å²) in [6.45, 7) is 3.34. The number of aromatic amines is 1. The Kier molecular flexibility index (Phi) is 7.77. The number of hydrogen-bond acceptors (Lipinski definition) is 6. The number of methoxy groups -OCH3 is 1. The normalized spacial score (nSPS) is 15.2. The van der Waals surface area contributed by atoms with Crippen LogP contribution in [0, 0.1) is 4.77 Å². The molecule has 1 amide bonds. The molecule has 0 aliphatic carbocycles. The number of morpholine rings is 1. The molecule has 1 unspecified atom stereocenters. The molecule has 2 aromatic carbocycles. The molecule has 1 atom stereocenters. The van der Waals surface area contributed by atoms with Crippen molar-refractivity contribution in [1.29, 1.82) is 0 Å². The first-order valence-corrected chi connectivity index (χ1v) is 11.5. The van der Waals surface area contributed by atoms with E-state index in [1.54, 1.807) is 11.7 Å². The fourth-order valence-corrected chi connectivity index (χ4v) is 4.36. The summed E-state index contributed by atoms with van der Waals surface area (Å²) in [5.74, 6) is 1.17. The van der Waals surface area contributed by atoms with Crippen molar-refractivity contribution in [2.45, 2.75) is 12.6 Å². The van der Waals surface area contributed by atoms with Crippen molar-refractivity contribution in [3.8, 4) is 17.1 Å². The molecular weight excluding hydrogens is 462 g/mol. The van der Waals surface area contributed by atoms with Crippen LogP contribution in [0.4, 0.5) is 0 Å². The van der Waals surface area contributed by atoms with E-state index in [0.717, 1.165) is 30.0 Å². The molecule has 1 saturated heterocycles. The third-order valence-electron chi connectivity index (χ3n) is 5.65. The van der Waals surface area contributed by atoms with Crippen LogP contribution in [-0.2, 0) is 16.1 Å². The second-order valence-electron chi connectivity index (χ2n) is 7.66. The number of nitrogens with one attached hydrogen (secondary N) is 2. The molecule has 3 aromatic rings. The average molecular weight is 488 g/mol. The second kappa shape index (κ2) is 10.9. The number of amides is 1. The summed E-state index contributed by atoms with van der Waals surface area (Å²) < 4.78 is 12.8. The van der Waals surface area contributed by atoms with E-state index in [4.69, 9.17) is 33.3 Å². The second-order valence-corrected chi connectivity index (χ2v) is 8.45. The molecule has 0 saturated carbocycles. The van der Waals surface area contributed by atoms with Crippen molar-refractivity contribution >= 4 is 29.7 Å². The van der Waals surface area contributed by atoms with Crippen LogP contribution in [0.25, 0.3) is 11.4 Å². The third kappa shape index (κ3) is 5.62. The highest BCUT2D eigenvalue weighted by atomic mass is 35.5. The third-order valence-corrected chi connectivity index (χ3v) is 6.31. The smallest absolute Gasteiger partial charge is 0.240 e. The van der Waals surface area contributed by atoms with Gasteiger partial charge in [0, 0.05) is 30.2 Å². The number of hydrogen-bond donors (Lipinski definition) is 2. The van der Waals surface area contributed by atoms with Crippen molar-refractivity contribution in [3.63, 3.8) is 0 Å². The number of H-pyrrole nitrogens is 1. The van der Waals surface area contributed by atoms with Gasteiger partial charge in [0.15, 0.2) is 10.6 Å². The summed E-state index contributed by atoms with van der Waals surface area (Å²) in [4.78, 5) is 15.2. The number of aromatic nitrogens is 3. The first-order chi connectivity index (χ1) is 16.1. The van der Waals surface area contributed by atoms with Gasteiger partial charge in [-0.3, -0.25) is 19.4 Å². The Bertz CT molecular complexity index is 1140. The van der Waals surface area contributed by atoms with Crippen molar-refractivity contribution in [2.75, 3.05) is 40.0 Å². The van der Waals surface area contributed by atoms with Crippen molar-refractivity contribution in [3.05, 3.63) is 63.9 Å². The minimum absolute atomic E-state index is 0.0506. The topological polar surface area (TPSA) is 84.4 Å². The molecule has 1 fully saturated rings. The van der Waals surface area contributed by atoms with E-state index >= 15 is 0 Å². The zero-order valence-corrected chi connectivity index (χ0v) is 19.9. The average Bonchev–Trinajstić information content (AvgIpc) is 3.21. The molecule has 1 aliphatic rings. The zero-order chi connectivity index (χ0) is 23.2. The van der Waals surface area contributed by atoms with E-state index in [1.165, 1.54) is 0 Å². The number of halogens is 1. The first kappa shape index (κ1) is 23.4. The Morgan fingerprint density at radius 1 is 1.24 bits per heavy atom. The highest BCUT2D eigenvalue weighted by molar-refractivity contribution is 7.71. The summed E-state index contributed by atoms with van der Waals surface area (Å²) in [5.41, 5.74) is 1.82. The van der Waals surface area contributed by atoms with Crippen LogP contribution in [0.3, 0.4) is 0 Å². The molecule has 0 spiro atoms. The summed E-state index contributed by atoms with van der Waals surface area (Å²) in [7, 11) is 1.61. The summed E-state index contributed by atoms with van der Waals surface area (Å²) in [6.07, 6.45) is 0. The van der Waals surface area contributed by atoms with Crippen molar-refractivity contribution in [2.24, 2.45) is 0 Å². The highest BCUT2D eigenvalue weighted by Crippen LogP contribution is 2.28. The number of nitrogens with zero attached hydrogens (tertiary/aromatic N) is 3. The SMILES string of the molecule is COc1ccc(-c2n[nH]c(=S)n2CC(=O)NCC(c2ccccc2Cl)N2CCOCC2)cc1. The Morgan fingerprint density at radius 3 is 2.67 bits per heavy atom. The molecule has 0 radical (unpaired) electrons. The highest BCUT2D eigenvalue weighted by Gasteiger charge is 2.25.